The van der Waals surface area contributed by atoms with E-state index in [-0.39, 0.29) is 0 Å². The van der Waals surface area contributed by atoms with E-state index in [1.807, 2.05) is 37.3 Å². The lowest BCUT2D eigenvalue weighted by molar-refractivity contribution is 0.0516. The Balaban J connectivity index is 1.68. The molecule has 7 nitrogen and oxygen atoms in total. The Morgan fingerprint density at radius 3 is 2.49 bits per heavy atom. The number of hydrogen-bond acceptors (Lipinski definition) is 9. The van der Waals surface area contributed by atoms with Gasteiger partial charge >= 0.3 is 5.97 Å². The highest BCUT2D eigenvalue weighted by atomic mass is 32.2. The Morgan fingerprint density at radius 1 is 0.971 bits per heavy atom. The molecule has 4 rings (SSSR count). The Kier molecular flexibility index (Phi) is 7.89. The lowest BCUT2D eigenvalue weighted by Gasteiger charge is -2.16. The minimum absolute atomic E-state index is 0.382. The first-order valence-corrected chi connectivity index (χ1v) is 12.5. The number of methoxy groups -OCH3 is 3. The van der Waals surface area contributed by atoms with Crippen LogP contribution in [-0.4, -0.2) is 43.7 Å². The van der Waals surface area contributed by atoms with E-state index in [1.54, 1.807) is 48.8 Å². The number of para-hydroxylation sites is 1. The smallest absolute Gasteiger partial charge is 0.365 e. The molecule has 1 heterocycles. The van der Waals surface area contributed by atoms with Gasteiger partial charge in [0.25, 0.3) is 0 Å². The van der Waals surface area contributed by atoms with Crippen molar-refractivity contribution in [3.05, 3.63) is 77.4 Å². The second-order valence-corrected chi connectivity index (χ2v) is 9.66. The number of fused-ring (bicyclic) bond motifs is 1. The van der Waals surface area contributed by atoms with E-state index >= 15 is 0 Å². The second kappa shape index (κ2) is 11.2. The van der Waals surface area contributed by atoms with Gasteiger partial charge in [0, 0.05) is 11.3 Å². The van der Waals surface area contributed by atoms with Gasteiger partial charge in [0.05, 0.1) is 37.1 Å². The third-order valence-electron chi connectivity index (χ3n) is 5.11. The molecule has 0 aliphatic carbocycles. The topological polar surface area (TPSA) is 79.2 Å². The van der Waals surface area contributed by atoms with E-state index in [9.17, 15) is 4.79 Å². The van der Waals surface area contributed by atoms with Crippen LogP contribution < -0.4 is 14.2 Å². The zero-order valence-electron chi connectivity index (χ0n) is 19.7. The highest BCUT2D eigenvalue weighted by molar-refractivity contribution is 8.01. The number of thiazole rings is 1. The predicted octanol–water partition coefficient (Wildman–Crippen LogP) is 5.98. The molecule has 0 N–H and O–H groups in total. The molecule has 1 aromatic heterocycles. The van der Waals surface area contributed by atoms with Crippen molar-refractivity contribution in [3.8, 4) is 17.2 Å². The van der Waals surface area contributed by atoms with E-state index in [0.29, 0.717) is 39.8 Å². The number of hydrogen-bond donors (Lipinski definition) is 0. The molecule has 0 unspecified atom stereocenters. The molecule has 0 saturated heterocycles. The quantitative estimate of drug-likeness (QED) is 0.119. The van der Waals surface area contributed by atoms with Crippen molar-refractivity contribution in [2.75, 3.05) is 27.1 Å². The minimum Gasteiger partial charge on any atom is -0.493 e. The first kappa shape index (κ1) is 24.6. The van der Waals surface area contributed by atoms with E-state index in [2.05, 4.69) is 10.1 Å². The van der Waals surface area contributed by atoms with Gasteiger partial charge in [-0.15, -0.1) is 11.3 Å². The molecule has 0 atom stereocenters. The average Bonchev–Trinajstić information content (AvgIpc) is 3.30. The van der Waals surface area contributed by atoms with Gasteiger partial charge in [-0.05, 0) is 43.3 Å². The Labute approximate surface area is 211 Å². The van der Waals surface area contributed by atoms with Crippen LogP contribution >= 0.6 is 23.1 Å². The molecule has 0 aliphatic rings. The molecule has 3 aromatic carbocycles. The highest BCUT2D eigenvalue weighted by Gasteiger charge is 2.21. The molecule has 0 bridgehead atoms. The largest absolute Gasteiger partial charge is 0.493 e. The first-order valence-electron chi connectivity index (χ1n) is 10.7. The van der Waals surface area contributed by atoms with Gasteiger partial charge in [-0.2, -0.15) is 0 Å². The maximum Gasteiger partial charge on any atom is 0.365 e. The Morgan fingerprint density at radius 2 is 1.77 bits per heavy atom. The van der Waals surface area contributed by atoms with Crippen LogP contribution in [0.25, 0.3) is 10.2 Å². The van der Waals surface area contributed by atoms with Gasteiger partial charge in [0.2, 0.25) is 5.75 Å². The van der Waals surface area contributed by atoms with Crippen molar-refractivity contribution in [1.29, 1.82) is 0 Å². The molecular weight excluding hydrogens is 484 g/mol. The number of aromatic nitrogens is 1. The Bertz CT molecular complexity index is 1350. The van der Waals surface area contributed by atoms with Gasteiger partial charge in [-0.25, -0.2) is 9.78 Å². The molecule has 9 heteroatoms. The summed E-state index contributed by atoms with van der Waals surface area (Å²) < 4.78 is 18.6. The number of nitrogens with zero attached hydrogens (tertiary/aromatic N) is 2. The van der Waals surface area contributed by atoms with Crippen LogP contribution in [0.5, 0.6) is 17.2 Å². The minimum atomic E-state index is -0.546. The summed E-state index contributed by atoms with van der Waals surface area (Å²) in [4.78, 5) is 22.7. The molecule has 0 radical (unpaired) electrons. The van der Waals surface area contributed by atoms with Gasteiger partial charge in [-0.1, -0.05) is 46.7 Å². The number of oxime groups is 1. The fourth-order valence-corrected chi connectivity index (χ4v) is 5.46. The average molecular weight is 509 g/mol. The molecule has 180 valence electrons. The van der Waals surface area contributed by atoms with Crippen LogP contribution in [0.1, 0.15) is 21.5 Å². The second-order valence-electron chi connectivity index (χ2n) is 7.40. The van der Waals surface area contributed by atoms with Gasteiger partial charge in [0.15, 0.2) is 15.8 Å². The van der Waals surface area contributed by atoms with Gasteiger partial charge in [0.1, 0.15) is 5.71 Å². The van der Waals surface area contributed by atoms with Crippen LogP contribution in [0, 0.1) is 6.92 Å². The van der Waals surface area contributed by atoms with Crippen molar-refractivity contribution in [2.24, 2.45) is 5.16 Å². The first-order chi connectivity index (χ1) is 17.0. The normalized spacial score (nSPS) is 11.4. The SMILES string of the molecule is COc1ccc(/C(CSc2nc3ccccc3s2)=N/OC(=O)c2cccc(C)c2)c(OC)c1OC. The molecule has 0 aliphatic heterocycles. The fourth-order valence-electron chi connectivity index (χ4n) is 3.45. The van der Waals surface area contributed by atoms with Crippen LogP contribution in [0.4, 0.5) is 0 Å². The molecule has 0 saturated carbocycles. The summed E-state index contributed by atoms with van der Waals surface area (Å²) in [7, 11) is 4.63. The summed E-state index contributed by atoms with van der Waals surface area (Å²) >= 11 is 3.09. The molecular formula is C26H24N2O5S2. The molecule has 0 spiro atoms. The molecule has 0 fully saturated rings. The summed E-state index contributed by atoms with van der Waals surface area (Å²) in [6, 6.07) is 18.7. The monoisotopic (exact) mass is 508 g/mol. The summed E-state index contributed by atoms with van der Waals surface area (Å²) in [5.41, 5.74) is 3.43. The lowest BCUT2D eigenvalue weighted by atomic mass is 10.1. The van der Waals surface area contributed by atoms with Crippen LogP contribution in [0.15, 0.2) is 70.2 Å². The number of thioether (sulfide) groups is 1. The third kappa shape index (κ3) is 5.58. The van der Waals surface area contributed by atoms with Crippen molar-refractivity contribution in [2.45, 2.75) is 11.3 Å². The molecule has 35 heavy (non-hydrogen) atoms. The number of carbonyl (C=O) groups excluding carboxylic acids is 1. The summed E-state index contributed by atoms with van der Waals surface area (Å²) in [6.45, 7) is 1.91. The van der Waals surface area contributed by atoms with E-state index in [4.69, 9.17) is 19.0 Å². The third-order valence-corrected chi connectivity index (χ3v) is 7.30. The van der Waals surface area contributed by atoms with Gasteiger partial charge in [-0.3, -0.25) is 0 Å². The van der Waals surface area contributed by atoms with Crippen molar-refractivity contribution >= 4 is 45.0 Å². The number of rotatable bonds is 9. The predicted molar refractivity (Wildman–Crippen MR) is 140 cm³/mol. The summed E-state index contributed by atoms with van der Waals surface area (Å²) in [6.07, 6.45) is 0. The van der Waals surface area contributed by atoms with Crippen molar-refractivity contribution < 1.29 is 23.8 Å². The van der Waals surface area contributed by atoms with Crippen LogP contribution in [0.3, 0.4) is 0 Å². The van der Waals surface area contributed by atoms with Crippen LogP contribution in [-0.2, 0) is 4.84 Å². The Hall–Kier alpha value is -3.56. The van der Waals surface area contributed by atoms with E-state index < -0.39 is 5.97 Å². The van der Waals surface area contributed by atoms with E-state index in [1.165, 1.54) is 26.0 Å². The number of ether oxygens (including phenoxy) is 3. The zero-order valence-corrected chi connectivity index (χ0v) is 21.4. The van der Waals surface area contributed by atoms with E-state index in [0.717, 1.165) is 20.1 Å². The zero-order chi connectivity index (χ0) is 24.8. The summed E-state index contributed by atoms with van der Waals surface area (Å²) in [5.74, 6) is 1.21. The maximum atomic E-state index is 12.7. The number of aryl methyl sites for hydroxylation is 1. The molecule has 0 amide bonds. The molecule has 4 aromatic rings. The van der Waals surface area contributed by atoms with Crippen molar-refractivity contribution in [3.63, 3.8) is 0 Å². The van der Waals surface area contributed by atoms with Gasteiger partial charge < -0.3 is 19.0 Å². The number of carbonyl (C=O) groups is 1. The summed E-state index contributed by atoms with van der Waals surface area (Å²) in [5, 5.41) is 4.26. The lowest BCUT2D eigenvalue weighted by Crippen LogP contribution is -2.11. The standard InChI is InChI=1S/C26H24N2O5S2/c1-16-8-7-9-17(14-16)25(29)33-28-20(15-34-26-27-19-10-5-6-11-22(19)35-26)18-12-13-21(30-2)24(32-4)23(18)31-3/h5-14H,15H2,1-4H3/b28-20+. The fraction of sp³-hybridized carbons (Fsp3) is 0.192. The number of benzene rings is 3. The van der Waals surface area contributed by atoms with Crippen molar-refractivity contribution in [1.82, 2.24) is 4.98 Å². The maximum absolute atomic E-state index is 12.7. The van der Waals surface area contributed by atoms with Crippen LogP contribution in [0.2, 0.25) is 0 Å². The highest BCUT2D eigenvalue weighted by Crippen LogP contribution is 2.41.